The van der Waals surface area contributed by atoms with Gasteiger partial charge in [-0.05, 0) is 34.1 Å². The van der Waals surface area contributed by atoms with E-state index in [0.717, 1.165) is 13.0 Å². The van der Waals surface area contributed by atoms with Crippen molar-refractivity contribution in [1.29, 1.82) is 0 Å². The molecule has 0 saturated carbocycles. The van der Waals surface area contributed by atoms with Crippen molar-refractivity contribution < 1.29 is 19.1 Å². The average molecular weight is 284 g/mol. The van der Waals surface area contributed by atoms with Gasteiger partial charge in [-0.2, -0.15) is 0 Å². The quantitative estimate of drug-likeness (QED) is 0.770. The standard InChI is InChI=1S/C14H24N2O4/c1-5-19-11(17)10-6-14(7-15-10)8-16(9-14)12(18)20-13(2,3)4/h10,15H,5-9H2,1-4H3. The zero-order chi connectivity index (χ0) is 15.0. The van der Waals surface area contributed by atoms with Gasteiger partial charge in [0.2, 0.25) is 0 Å². The Kier molecular flexibility index (Phi) is 3.95. The lowest BCUT2D eigenvalue weighted by atomic mass is 9.78. The van der Waals surface area contributed by atoms with E-state index in [1.54, 1.807) is 11.8 Å². The summed E-state index contributed by atoms with van der Waals surface area (Å²) in [6.45, 7) is 9.80. The third-order valence-corrected chi connectivity index (χ3v) is 3.64. The minimum atomic E-state index is -0.471. The second-order valence-corrected chi connectivity index (χ2v) is 6.73. The predicted octanol–water partition coefficient (Wildman–Crippen LogP) is 1.15. The monoisotopic (exact) mass is 284 g/mol. The Morgan fingerprint density at radius 1 is 1.35 bits per heavy atom. The maximum Gasteiger partial charge on any atom is 0.410 e. The molecule has 2 fully saturated rings. The Morgan fingerprint density at radius 3 is 2.55 bits per heavy atom. The van der Waals surface area contributed by atoms with Crippen LogP contribution >= 0.6 is 0 Å². The minimum Gasteiger partial charge on any atom is -0.465 e. The molecule has 1 amide bonds. The Balaban J connectivity index is 1.81. The Hall–Kier alpha value is -1.30. The first-order valence-corrected chi connectivity index (χ1v) is 7.13. The maximum atomic E-state index is 11.9. The molecular weight excluding hydrogens is 260 g/mol. The molecular formula is C14H24N2O4. The van der Waals surface area contributed by atoms with E-state index in [1.165, 1.54) is 0 Å². The number of ether oxygens (including phenoxy) is 2. The fourth-order valence-corrected chi connectivity index (χ4v) is 2.79. The summed E-state index contributed by atoms with van der Waals surface area (Å²) in [5.41, 5.74) is -0.463. The molecule has 6 nitrogen and oxygen atoms in total. The molecule has 0 aromatic heterocycles. The molecule has 1 unspecified atom stereocenters. The number of hydrogen-bond donors (Lipinski definition) is 1. The SMILES string of the molecule is CCOC(=O)C1CC2(CN1)CN(C(=O)OC(C)(C)C)C2. The molecule has 0 aromatic carbocycles. The summed E-state index contributed by atoms with van der Waals surface area (Å²) in [6, 6.07) is -0.240. The van der Waals surface area contributed by atoms with Crippen LogP contribution < -0.4 is 5.32 Å². The third-order valence-electron chi connectivity index (χ3n) is 3.64. The lowest BCUT2D eigenvalue weighted by Gasteiger charge is -2.47. The smallest absolute Gasteiger partial charge is 0.410 e. The number of carbonyl (C=O) groups is 2. The highest BCUT2D eigenvalue weighted by Crippen LogP contribution is 2.39. The molecule has 1 atom stereocenters. The molecule has 0 radical (unpaired) electrons. The van der Waals surface area contributed by atoms with Crippen LogP contribution in [0.5, 0.6) is 0 Å². The first-order chi connectivity index (χ1) is 9.25. The molecule has 2 saturated heterocycles. The number of likely N-dealkylation sites (tertiary alicyclic amines) is 1. The van der Waals surface area contributed by atoms with Crippen molar-refractivity contribution in [3.63, 3.8) is 0 Å². The number of nitrogens with zero attached hydrogens (tertiary/aromatic N) is 1. The molecule has 0 bridgehead atoms. The fourth-order valence-electron chi connectivity index (χ4n) is 2.79. The summed E-state index contributed by atoms with van der Waals surface area (Å²) in [4.78, 5) is 25.3. The van der Waals surface area contributed by atoms with Gasteiger partial charge in [-0.1, -0.05) is 0 Å². The summed E-state index contributed by atoms with van der Waals surface area (Å²) in [6.07, 6.45) is 0.452. The van der Waals surface area contributed by atoms with Gasteiger partial charge >= 0.3 is 12.1 Å². The summed E-state index contributed by atoms with van der Waals surface area (Å²) >= 11 is 0. The zero-order valence-electron chi connectivity index (χ0n) is 12.7. The van der Waals surface area contributed by atoms with Gasteiger partial charge in [-0.25, -0.2) is 4.79 Å². The van der Waals surface area contributed by atoms with E-state index < -0.39 is 5.60 Å². The molecule has 0 aromatic rings. The minimum absolute atomic E-state index is 0.00827. The van der Waals surface area contributed by atoms with Crippen LogP contribution in [0.1, 0.15) is 34.1 Å². The van der Waals surface area contributed by atoms with E-state index in [2.05, 4.69) is 5.32 Å². The Bertz CT molecular complexity index is 396. The van der Waals surface area contributed by atoms with Gasteiger partial charge in [0, 0.05) is 25.0 Å². The molecule has 1 N–H and O–H groups in total. The fraction of sp³-hybridized carbons (Fsp3) is 0.857. The largest absolute Gasteiger partial charge is 0.465 e. The summed E-state index contributed by atoms with van der Waals surface area (Å²) in [7, 11) is 0. The molecule has 1 spiro atoms. The van der Waals surface area contributed by atoms with Crippen LogP contribution in [0.4, 0.5) is 4.79 Å². The van der Waals surface area contributed by atoms with E-state index in [4.69, 9.17) is 9.47 Å². The number of nitrogens with one attached hydrogen (secondary N) is 1. The van der Waals surface area contributed by atoms with E-state index >= 15 is 0 Å². The van der Waals surface area contributed by atoms with Crippen molar-refractivity contribution in [2.24, 2.45) is 5.41 Å². The van der Waals surface area contributed by atoms with E-state index in [1.807, 2.05) is 20.8 Å². The van der Waals surface area contributed by atoms with E-state index in [0.29, 0.717) is 19.7 Å². The van der Waals surface area contributed by atoms with Crippen LogP contribution in [0.15, 0.2) is 0 Å². The number of amides is 1. The first-order valence-electron chi connectivity index (χ1n) is 7.13. The van der Waals surface area contributed by atoms with Crippen LogP contribution in [0.25, 0.3) is 0 Å². The third kappa shape index (κ3) is 3.23. The normalized spacial score (nSPS) is 24.4. The average Bonchev–Trinajstić information content (AvgIpc) is 2.69. The number of esters is 1. The highest BCUT2D eigenvalue weighted by atomic mass is 16.6. The van der Waals surface area contributed by atoms with Gasteiger partial charge in [-0.15, -0.1) is 0 Å². The van der Waals surface area contributed by atoms with Crippen molar-refractivity contribution in [3.8, 4) is 0 Å². The van der Waals surface area contributed by atoms with Crippen LogP contribution in [0.2, 0.25) is 0 Å². The predicted molar refractivity (Wildman–Crippen MR) is 73.3 cm³/mol. The molecule has 2 rings (SSSR count). The van der Waals surface area contributed by atoms with Gasteiger partial charge in [-0.3, -0.25) is 4.79 Å². The number of hydrogen-bond acceptors (Lipinski definition) is 5. The summed E-state index contributed by atoms with van der Waals surface area (Å²) < 4.78 is 10.4. The summed E-state index contributed by atoms with van der Waals surface area (Å²) in [5, 5.41) is 3.19. The first kappa shape index (κ1) is 15.1. The lowest BCUT2D eigenvalue weighted by molar-refractivity contribution is -0.145. The van der Waals surface area contributed by atoms with Crippen molar-refractivity contribution >= 4 is 12.1 Å². The Labute approximate surface area is 119 Å². The summed E-state index contributed by atoms with van der Waals surface area (Å²) in [5.74, 6) is -0.194. The molecule has 0 aliphatic carbocycles. The molecule has 20 heavy (non-hydrogen) atoms. The highest BCUT2D eigenvalue weighted by Gasteiger charge is 2.52. The van der Waals surface area contributed by atoms with Crippen LogP contribution in [-0.4, -0.2) is 54.8 Å². The van der Waals surface area contributed by atoms with Crippen LogP contribution in [0.3, 0.4) is 0 Å². The van der Waals surface area contributed by atoms with Crippen molar-refractivity contribution in [2.75, 3.05) is 26.2 Å². The second kappa shape index (κ2) is 5.24. The van der Waals surface area contributed by atoms with Gasteiger partial charge in [0.15, 0.2) is 0 Å². The molecule has 2 aliphatic heterocycles. The zero-order valence-corrected chi connectivity index (χ0v) is 12.7. The molecule has 2 aliphatic rings. The van der Waals surface area contributed by atoms with Gasteiger partial charge in [0.1, 0.15) is 11.6 Å². The number of carbonyl (C=O) groups excluding carboxylic acids is 2. The van der Waals surface area contributed by atoms with Crippen molar-refractivity contribution in [3.05, 3.63) is 0 Å². The maximum absolute atomic E-state index is 11.9. The molecule has 114 valence electrons. The second-order valence-electron chi connectivity index (χ2n) is 6.73. The Morgan fingerprint density at radius 2 is 2.00 bits per heavy atom. The van der Waals surface area contributed by atoms with Crippen molar-refractivity contribution in [2.45, 2.75) is 45.8 Å². The van der Waals surface area contributed by atoms with Crippen LogP contribution in [-0.2, 0) is 14.3 Å². The van der Waals surface area contributed by atoms with Gasteiger partial charge in [0.05, 0.1) is 6.61 Å². The van der Waals surface area contributed by atoms with Crippen LogP contribution in [0, 0.1) is 5.41 Å². The molecule has 6 heteroatoms. The van der Waals surface area contributed by atoms with E-state index in [9.17, 15) is 9.59 Å². The van der Waals surface area contributed by atoms with Gasteiger partial charge < -0.3 is 19.7 Å². The van der Waals surface area contributed by atoms with Gasteiger partial charge in [0.25, 0.3) is 0 Å². The highest BCUT2D eigenvalue weighted by molar-refractivity contribution is 5.76. The molecule has 2 heterocycles. The van der Waals surface area contributed by atoms with Crippen molar-refractivity contribution in [1.82, 2.24) is 10.2 Å². The number of rotatable bonds is 2. The topological polar surface area (TPSA) is 67.9 Å². The van der Waals surface area contributed by atoms with E-state index in [-0.39, 0.29) is 23.5 Å². The lowest BCUT2D eigenvalue weighted by Crippen LogP contribution is -2.60.